The largest absolute Gasteiger partial charge is 0.478 e. The third-order valence-corrected chi connectivity index (χ3v) is 2.18. The SMILES string of the molecule is CCCCCCc1cc(C(=O)O)co1. The standard InChI is InChI=1S/C11H16O3/c1-2-3-4-5-6-10-7-9(8-14-10)11(12)13/h7-8H,2-6H2,1H3,(H,12,13). The summed E-state index contributed by atoms with van der Waals surface area (Å²) in [6.07, 6.45) is 6.83. The number of hydrogen-bond acceptors (Lipinski definition) is 2. The van der Waals surface area contributed by atoms with Crippen LogP contribution in [0.15, 0.2) is 16.7 Å². The molecule has 0 saturated carbocycles. The minimum Gasteiger partial charge on any atom is -0.478 e. The van der Waals surface area contributed by atoms with Crippen molar-refractivity contribution in [1.82, 2.24) is 0 Å². The molecule has 3 nitrogen and oxygen atoms in total. The molecule has 1 aromatic rings. The molecule has 0 aliphatic heterocycles. The predicted octanol–water partition coefficient (Wildman–Crippen LogP) is 3.10. The Balaban J connectivity index is 2.33. The van der Waals surface area contributed by atoms with E-state index in [0.717, 1.165) is 18.6 Å². The number of aromatic carboxylic acids is 1. The lowest BCUT2D eigenvalue weighted by molar-refractivity contribution is 0.0696. The summed E-state index contributed by atoms with van der Waals surface area (Å²) in [5.74, 6) is -0.146. The number of furan rings is 1. The second-order valence-corrected chi connectivity index (χ2v) is 3.42. The van der Waals surface area contributed by atoms with E-state index in [9.17, 15) is 4.79 Å². The van der Waals surface area contributed by atoms with Gasteiger partial charge in [0.15, 0.2) is 0 Å². The molecular weight excluding hydrogens is 180 g/mol. The quantitative estimate of drug-likeness (QED) is 0.711. The zero-order valence-electron chi connectivity index (χ0n) is 8.45. The first-order chi connectivity index (χ1) is 6.74. The van der Waals surface area contributed by atoms with Gasteiger partial charge in [0.05, 0.1) is 5.56 Å². The summed E-state index contributed by atoms with van der Waals surface area (Å²) >= 11 is 0. The van der Waals surface area contributed by atoms with Crippen LogP contribution in [0.25, 0.3) is 0 Å². The van der Waals surface area contributed by atoms with Gasteiger partial charge in [-0.05, 0) is 12.5 Å². The van der Waals surface area contributed by atoms with Crippen LogP contribution in [0.4, 0.5) is 0 Å². The van der Waals surface area contributed by atoms with E-state index < -0.39 is 5.97 Å². The molecule has 3 heteroatoms. The molecule has 0 aliphatic carbocycles. The second kappa shape index (κ2) is 5.47. The van der Waals surface area contributed by atoms with Crippen LogP contribution in [-0.4, -0.2) is 11.1 Å². The van der Waals surface area contributed by atoms with Gasteiger partial charge < -0.3 is 9.52 Å². The lowest BCUT2D eigenvalue weighted by Crippen LogP contribution is -1.92. The van der Waals surface area contributed by atoms with Crippen molar-refractivity contribution in [2.75, 3.05) is 0 Å². The van der Waals surface area contributed by atoms with Gasteiger partial charge in [0.25, 0.3) is 0 Å². The van der Waals surface area contributed by atoms with E-state index in [1.54, 1.807) is 6.07 Å². The van der Waals surface area contributed by atoms with E-state index in [0.29, 0.717) is 0 Å². The van der Waals surface area contributed by atoms with Gasteiger partial charge in [-0.2, -0.15) is 0 Å². The zero-order chi connectivity index (χ0) is 10.4. The van der Waals surface area contributed by atoms with Crippen LogP contribution in [0.2, 0.25) is 0 Å². The molecular formula is C11H16O3. The second-order valence-electron chi connectivity index (χ2n) is 3.42. The van der Waals surface area contributed by atoms with Crippen molar-refractivity contribution in [3.63, 3.8) is 0 Å². The first-order valence-electron chi connectivity index (χ1n) is 5.04. The summed E-state index contributed by atoms with van der Waals surface area (Å²) < 4.78 is 5.13. The van der Waals surface area contributed by atoms with Gasteiger partial charge in [-0.25, -0.2) is 4.79 Å². The van der Waals surface area contributed by atoms with Crippen LogP contribution >= 0.6 is 0 Å². The van der Waals surface area contributed by atoms with Gasteiger partial charge in [-0.15, -0.1) is 0 Å². The Kier molecular flexibility index (Phi) is 4.23. The summed E-state index contributed by atoms with van der Waals surface area (Å²) in [4.78, 5) is 10.5. The Bertz CT molecular complexity index is 288. The molecule has 0 bridgehead atoms. The number of carboxylic acids is 1. The molecule has 0 spiro atoms. The molecule has 1 rings (SSSR count). The van der Waals surface area contributed by atoms with Crippen molar-refractivity contribution in [2.24, 2.45) is 0 Å². The Morgan fingerprint density at radius 3 is 2.79 bits per heavy atom. The molecule has 14 heavy (non-hydrogen) atoms. The number of aryl methyl sites for hydroxylation is 1. The minimum absolute atomic E-state index is 0.246. The normalized spacial score (nSPS) is 10.4. The van der Waals surface area contributed by atoms with Crippen molar-refractivity contribution in [3.8, 4) is 0 Å². The average Bonchev–Trinajstić information content (AvgIpc) is 2.61. The summed E-state index contributed by atoms with van der Waals surface area (Å²) in [5, 5.41) is 8.65. The van der Waals surface area contributed by atoms with Crippen molar-refractivity contribution in [2.45, 2.75) is 39.0 Å². The third-order valence-electron chi connectivity index (χ3n) is 2.18. The maximum Gasteiger partial charge on any atom is 0.338 e. The molecule has 1 N–H and O–H groups in total. The van der Waals surface area contributed by atoms with Gasteiger partial charge in [-0.3, -0.25) is 0 Å². The van der Waals surface area contributed by atoms with E-state index in [-0.39, 0.29) is 5.56 Å². The molecule has 0 aromatic carbocycles. The monoisotopic (exact) mass is 196 g/mol. The van der Waals surface area contributed by atoms with Gasteiger partial charge in [0.1, 0.15) is 12.0 Å². The lowest BCUT2D eigenvalue weighted by Gasteiger charge is -1.95. The number of carbonyl (C=O) groups is 1. The molecule has 0 radical (unpaired) electrons. The fourth-order valence-corrected chi connectivity index (χ4v) is 1.35. The van der Waals surface area contributed by atoms with Gasteiger partial charge >= 0.3 is 5.97 Å². The summed E-state index contributed by atoms with van der Waals surface area (Å²) in [6, 6.07) is 1.61. The Hall–Kier alpha value is -1.25. The highest BCUT2D eigenvalue weighted by atomic mass is 16.4. The van der Waals surface area contributed by atoms with Crippen molar-refractivity contribution in [1.29, 1.82) is 0 Å². The number of hydrogen-bond donors (Lipinski definition) is 1. The molecule has 0 saturated heterocycles. The van der Waals surface area contributed by atoms with Crippen molar-refractivity contribution in [3.05, 3.63) is 23.7 Å². The molecule has 0 amide bonds. The summed E-state index contributed by atoms with van der Waals surface area (Å²) in [6.45, 7) is 2.16. The van der Waals surface area contributed by atoms with Gasteiger partial charge in [-0.1, -0.05) is 26.2 Å². The van der Waals surface area contributed by atoms with Crippen LogP contribution in [0, 0.1) is 0 Å². The Labute approximate surface area is 83.7 Å². The van der Waals surface area contributed by atoms with Crippen molar-refractivity contribution >= 4 is 5.97 Å². The highest BCUT2D eigenvalue weighted by Crippen LogP contribution is 2.12. The van der Waals surface area contributed by atoms with E-state index in [4.69, 9.17) is 9.52 Å². The van der Waals surface area contributed by atoms with Crippen LogP contribution in [-0.2, 0) is 6.42 Å². The number of rotatable bonds is 6. The first-order valence-corrected chi connectivity index (χ1v) is 5.04. The Morgan fingerprint density at radius 2 is 2.21 bits per heavy atom. The maximum atomic E-state index is 10.5. The predicted molar refractivity (Wildman–Crippen MR) is 53.5 cm³/mol. The van der Waals surface area contributed by atoms with Crippen molar-refractivity contribution < 1.29 is 14.3 Å². The van der Waals surface area contributed by atoms with Crippen LogP contribution in [0.1, 0.15) is 48.7 Å². The van der Waals surface area contributed by atoms with Crippen LogP contribution in [0.3, 0.4) is 0 Å². The highest BCUT2D eigenvalue weighted by Gasteiger charge is 2.07. The van der Waals surface area contributed by atoms with E-state index >= 15 is 0 Å². The number of unbranched alkanes of at least 4 members (excludes halogenated alkanes) is 3. The third kappa shape index (κ3) is 3.24. The maximum absolute atomic E-state index is 10.5. The van der Waals surface area contributed by atoms with E-state index in [1.807, 2.05) is 0 Å². The molecule has 0 atom stereocenters. The minimum atomic E-state index is -0.923. The average molecular weight is 196 g/mol. The fraction of sp³-hybridized carbons (Fsp3) is 0.545. The Morgan fingerprint density at radius 1 is 1.43 bits per heavy atom. The molecule has 78 valence electrons. The molecule has 1 heterocycles. The fourth-order valence-electron chi connectivity index (χ4n) is 1.35. The number of carboxylic acid groups (broad SMARTS) is 1. The smallest absolute Gasteiger partial charge is 0.338 e. The molecule has 0 fully saturated rings. The summed E-state index contributed by atoms with van der Waals surface area (Å²) in [5.41, 5.74) is 0.246. The molecule has 0 unspecified atom stereocenters. The van der Waals surface area contributed by atoms with Crippen LogP contribution < -0.4 is 0 Å². The molecule has 0 aliphatic rings. The molecule has 1 aromatic heterocycles. The summed E-state index contributed by atoms with van der Waals surface area (Å²) in [7, 11) is 0. The first kappa shape index (κ1) is 10.8. The highest BCUT2D eigenvalue weighted by molar-refractivity contribution is 5.87. The van der Waals surface area contributed by atoms with Gasteiger partial charge in [0.2, 0.25) is 0 Å². The zero-order valence-corrected chi connectivity index (χ0v) is 8.45. The lowest BCUT2D eigenvalue weighted by atomic mass is 10.1. The van der Waals surface area contributed by atoms with E-state index in [2.05, 4.69) is 6.92 Å². The van der Waals surface area contributed by atoms with Gasteiger partial charge in [0, 0.05) is 6.42 Å². The van der Waals surface area contributed by atoms with E-state index in [1.165, 1.54) is 25.5 Å². The van der Waals surface area contributed by atoms with Crippen LogP contribution in [0.5, 0.6) is 0 Å². The topological polar surface area (TPSA) is 50.4 Å².